The topological polar surface area (TPSA) is 114 Å². The fraction of sp³-hybridized carbons (Fsp3) is 0.794. The number of likely N-dealkylation sites (N-methyl/N-ethyl adjacent to an activating group) is 1. The molecule has 0 bridgehead atoms. The quantitative estimate of drug-likeness (QED) is 0.0212. The molecule has 0 heterocycles. The molecule has 0 saturated carbocycles. The van der Waals surface area contributed by atoms with Gasteiger partial charge in [-0.2, -0.15) is 0 Å². The number of ether oxygens (including phenoxy) is 1. The van der Waals surface area contributed by atoms with E-state index in [0.29, 0.717) is 23.9 Å². The molecule has 0 saturated heterocycles. The lowest BCUT2D eigenvalue weighted by molar-refractivity contribution is -0.870. The first-order valence-electron chi connectivity index (χ1n) is 32.7. The number of unbranched alkanes of at least 4 members (excludes halogenated alkanes) is 33. The second-order valence-corrected chi connectivity index (χ2v) is 24.7. The van der Waals surface area contributed by atoms with E-state index in [1.807, 2.05) is 33.3 Å². The van der Waals surface area contributed by atoms with Gasteiger partial charge in [-0.05, 0) is 102 Å². The molecule has 0 aliphatic rings. The second-order valence-electron chi connectivity index (χ2n) is 23.3. The Labute approximate surface area is 483 Å². The molecule has 0 rings (SSSR count). The van der Waals surface area contributed by atoms with E-state index in [1.54, 1.807) is 0 Å². The molecule has 454 valence electrons. The Morgan fingerprint density at radius 1 is 0.449 bits per heavy atom. The van der Waals surface area contributed by atoms with E-state index in [1.165, 1.54) is 167 Å². The van der Waals surface area contributed by atoms with Crippen molar-refractivity contribution in [2.75, 3.05) is 40.9 Å². The van der Waals surface area contributed by atoms with Crippen LogP contribution in [0.4, 0.5) is 0 Å². The minimum absolute atomic E-state index is 0.0285. The average molecular weight is 1110 g/mol. The van der Waals surface area contributed by atoms with Crippen LogP contribution in [0.25, 0.3) is 0 Å². The Kier molecular flexibility index (Phi) is 55.8. The van der Waals surface area contributed by atoms with Crippen molar-refractivity contribution in [3.8, 4) is 0 Å². The molecule has 1 amide bonds. The summed E-state index contributed by atoms with van der Waals surface area (Å²) in [5.74, 6) is -0.560. The zero-order chi connectivity index (χ0) is 57.2. The number of nitrogens with one attached hydrogen (secondary N) is 1. The van der Waals surface area contributed by atoms with Crippen LogP contribution in [0.2, 0.25) is 0 Å². The van der Waals surface area contributed by atoms with Gasteiger partial charge in [-0.3, -0.25) is 14.2 Å². The number of esters is 1. The SMILES string of the molecule is CCCCC/C=C\C/C=C\C/C=C\C/C=C\CCCCCCCC(=O)NC(COP(=O)([O-])OCC[N+](C)(C)C)C(/C=C/CCCCCCCCCCCC)OC(=O)CCCCCCCCCCC/C=C/CCCCCCCC. The Hall–Kier alpha value is -2.55. The monoisotopic (exact) mass is 1110 g/mol. The molecule has 0 spiro atoms. The minimum Gasteiger partial charge on any atom is -0.756 e. The van der Waals surface area contributed by atoms with Gasteiger partial charge in [0.05, 0.1) is 33.8 Å². The summed E-state index contributed by atoms with van der Waals surface area (Å²) >= 11 is 0. The fourth-order valence-corrected chi connectivity index (χ4v) is 9.99. The maximum atomic E-state index is 13.6. The number of quaternary nitrogens is 1. The highest BCUT2D eigenvalue weighted by Gasteiger charge is 2.27. The van der Waals surface area contributed by atoms with Gasteiger partial charge in [-0.15, -0.1) is 0 Å². The van der Waals surface area contributed by atoms with Crippen molar-refractivity contribution in [2.45, 2.75) is 309 Å². The van der Waals surface area contributed by atoms with Gasteiger partial charge in [0.2, 0.25) is 5.91 Å². The molecular weight excluding hydrogens is 988 g/mol. The van der Waals surface area contributed by atoms with E-state index in [0.717, 1.165) is 89.9 Å². The molecule has 0 aromatic rings. The third-order valence-corrected chi connectivity index (χ3v) is 15.3. The summed E-state index contributed by atoms with van der Waals surface area (Å²) in [4.78, 5) is 40.1. The van der Waals surface area contributed by atoms with Gasteiger partial charge in [-0.1, -0.05) is 255 Å². The first-order chi connectivity index (χ1) is 37.9. The number of phosphoric acid groups is 1. The van der Waals surface area contributed by atoms with Crippen LogP contribution in [-0.4, -0.2) is 69.4 Å². The molecule has 0 fully saturated rings. The zero-order valence-electron chi connectivity index (χ0n) is 51.9. The van der Waals surface area contributed by atoms with E-state index < -0.39 is 26.6 Å². The first-order valence-corrected chi connectivity index (χ1v) is 34.2. The van der Waals surface area contributed by atoms with Crippen LogP contribution in [0, 0.1) is 0 Å². The number of hydrogen-bond donors (Lipinski definition) is 1. The van der Waals surface area contributed by atoms with Crippen LogP contribution in [0.1, 0.15) is 297 Å². The lowest BCUT2D eigenvalue weighted by atomic mass is 10.0. The second kappa shape index (κ2) is 57.7. The van der Waals surface area contributed by atoms with Gasteiger partial charge in [0.15, 0.2) is 0 Å². The van der Waals surface area contributed by atoms with Crippen LogP contribution < -0.4 is 10.2 Å². The Morgan fingerprint density at radius 2 is 0.782 bits per heavy atom. The number of phosphoric ester groups is 1. The predicted octanol–water partition coefficient (Wildman–Crippen LogP) is 19.8. The average Bonchev–Trinajstić information content (AvgIpc) is 3.40. The maximum Gasteiger partial charge on any atom is 0.306 e. The number of carbonyl (C=O) groups is 2. The first kappa shape index (κ1) is 75.5. The zero-order valence-corrected chi connectivity index (χ0v) is 52.8. The van der Waals surface area contributed by atoms with Crippen molar-refractivity contribution in [3.63, 3.8) is 0 Å². The molecular formula is C68H125N2O7P. The normalized spacial score (nSPS) is 14.1. The molecule has 3 atom stereocenters. The number of carbonyl (C=O) groups excluding carboxylic acids is 2. The summed E-state index contributed by atoms with van der Waals surface area (Å²) in [6.07, 6.45) is 74.4. The van der Waals surface area contributed by atoms with Crippen LogP contribution in [0.15, 0.2) is 72.9 Å². The van der Waals surface area contributed by atoms with E-state index in [-0.39, 0.29) is 24.9 Å². The minimum atomic E-state index is -4.71. The highest BCUT2D eigenvalue weighted by atomic mass is 31.2. The lowest BCUT2D eigenvalue weighted by Crippen LogP contribution is -2.47. The number of amides is 1. The van der Waals surface area contributed by atoms with Crippen LogP contribution >= 0.6 is 7.82 Å². The standard InChI is InChI=1S/C68H125N2O7P/c1-7-10-13-16-19-22-25-28-30-32-34-35-37-38-40-42-45-48-51-54-57-60-67(71)69-65(64-76-78(73,74)75-63-62-70(4,5)6)66(59-56-53-50-47-44-27-24-21-18-15-12-9-3)77-68(72)61-58-55-52-49-46-43-41-39-36-33-31-29-26-23-20-17-14-11-8-2/h19,22,28-31,34-35,38,40,56,59,65-66H,7-18,20-21,23-27,32-33,36-37,39,41-55,57-58,60-64H2,1-6H3,(H-,69,71,73,74)/b22-19-,30-28-,31-29+,35-34-,40-38-,59-56+. The Morgan fingerprint density at radius 3 is 1.21 bits per heavy atom. The molecule has 0 aromatic carbocycles. The summed E-state index contributed by atoms with van der Waals surface area (Å²) in [6.45, 7) is 6.81. The third kappa shape index (κ3) is 58.1. The van der Waals surface area contributed by atoms with Gasteiger partial charge in [-0.25, -0.2) is 0 Å². The van der Waals surface area contributed by atoms with Gasteiger partial charge >= 0.3 is 5.97 Å². The summed E-state index contributed by atoms with van der Waals surface area (Å²) in [6, 6.07) is -0.902. The van der Waals surface area contributed by atoms with Crippen molar-refractivity contribution in [1.82, 2.24) is 5.32 Å². The van der Waals surface area contributed by atoms with Gasteiger partial charge < -0.3 is 28.5 Å². The Bertz CT molecular complexity index is 1570. The van der Waals surface area contributed by atoms with Crippen LogP contribution in [-0.2, 0) is 27.9 Å². The smallest absolute Gasteiger partial charge is 0.306 e. The summed E-state index contributed by atoms with van der Waals surface area (Å²) in [5, 5.41) is 3.02. The molecule has 1 N–H and O–H groups in total. The largest absolute Gasteiger partial charge is 0.756 e. The van der Waals surface area contributed by atoms with Gasteiger partial charge in [0, 0.05) is 12.8 Å². The number of nitrogens with zero attached hydrogens (tertiary/aromatic N) is 1. The van der Waals surface area contributed by atoms with Crippen molar-refractivity contribution >= 4 is 19.7 Å². The molecule has 0 aromatic heterocycles. The van der Waals surface area contributed by atoms with E-state index in [9.17, 15) is 19.0 Å². The Balaban J connectivity index is 5.24. The molecule has 0 aliphatic carbocycles. The van der Waals surface area contributed by atoms with E-state index in [2.05, 4.69) is 86.8 Å². The maximum absolute atomic E-state index is 13.6. The number of allylic oxidation sites excluding steroid dienone is 11. The summed E-state index contributed by atoms with van der Waals surface area (Å²) < 4.78 is 30.4. The van der Waals surface area contributed by atoms with Crippen LogP contribution in [0.5, 0.6) is 0 Å². The molecule has 9 nitrogen and oxygen atoms in total. The van der Waals surface area contributed by atoms with Gasteiger partial charge in [0.1, 0.15) is 19.3 Å². The van der Waals surface area contributed by atoms with Crippen LogP contribution in [0.3, 0.4) is 0 Å². The molecule has 0 aliphatic heterocycles. The van der Waals surface area contributed by atoms with E-state index in [4.69, 9.17) is 13.8 Å². The fourth-order valence-electron chi connectivity index (χ4n) is 9.27. The third-order valence-electron chi connectivity index (χ3n) is 14.4. The van der Waals surface area contributed by atoms with E-state index >= 15 is 0 Å². The molecule has 3 unspecified atom stereocenters. The molecule has 10 heteroatoms. The number of hydrogen-bond acceptors (Lipinski definition) is 7. The highest BCUT2D eigenvalue weighted by molar-refractivity contribution is 7.45. The molecule has 78 heavy (non-hydrogen) atoms. The highest BCUT2D eigenvalue weighted by Crippen LogP contribution is 2.38. The van der Waals surface area contributed by atoms with Crippen molar-refractivity contribution in [3.05, 3.63) is 72.9 Å². The summed E-state index contributed by atoms with van der Waals surface area (Å²) in [5.41, 5.74) is 0. The molecule has 0 radical (unpaired) electrons. The number of rotatable bonds is 59. The predicted molar refractivity (Wildman–Crippen MR) is 335 cm³/mol. The van der Waals surface area contributed by atoms with Crippen molar-refractivity contribution in [2.24, 2.45) is 0 Å². The van der Waals surface area contributed by atoms with Gasteiger partial charge in [0.25, 0.3) is 7.82 Å². The van der Waals surface area contributed by atoms with Crippen molar-refractivity contribution in [1.29, 1.82) is 0 Å². The summed E-state index contributed by atoms with van der Waals surface area (Å²) in [7, 11) is 1.17. The van der Waals surface area contributed by atoms with Crippen molar-refractivity contribution < 1.29 is 37.3 Å². The lowest BCUT2D eigenvalue weighted by Gasteiger charge is -2.30.